The van der Waals surface area contributed by atoms with Crippen molar-refractivity contribution in [1.82, 2.24) is 4.90 Å². The number of piperidine rings is 1. The van der Waals surface area contributed by atoms with Gasteiger partial charge in [-0.1, -0.05) is 31.0 Å². The first-order chi connectivity index (χ1) is 9.84. The van der Waals surface area contributed by atoms with Crippen LogP contribution in [0.5, 0.6) is 0 Å². The summed E-state index contributed by atoms with van der Waals surface area (Å²) < 4.78 is 0. The lowest BCUT2D eigenvalue weighted by Crippen LogP contribution is -2.47. The molecule has 3 rings (SSSR count). The second kappa shape index (κ2) is 6.62. The second-order valence-corrected chi connectivity index (χ2v) is 6.59. The third kappa shape index (κ3) is 3.17. The Kier molecular flexibility index (Phi) is 4.62. The molecule has 1 aliphatic carbocycles. The molecule has 0 spiro atoms. The predicted molar refractivity (Wildman–Crippen MR) is 85.7 cm³/mol. The number of fused-ring (bicyclic) bond motifs is 1. The number of hydrogen-bond donors (Lipinski definition) is 1. The lowest BCUT2D eigenvalue weighted by atomic mass is 9.78. The molecule has 2 fully saturated rings. The van der Waals surface area contributed by atoms with Gasteiger partial charge in [0.2, 0.25) is 0 Å². The van der Waals surface area contributed by atoms with Gasteiger partial charge in [0.1, 0.15) is 0 Å². The lowest BCUT2D eigenvalue weighted by Gasteiger charge is -2.44. The van der Waals surface area contributed by atoms with E-state index in [2.05, 4.69) is 17.0 Å². The smallest absolute Gasteiger partial charge is 0.0346 e. The van der Waals surface area contributed by atoms with Crippen LogP contribution in [-0.2, 0) is 6.42 Å². The van der Waals surface area contributed by atoms with Crippen molar-refractivity contribution < 1.29 is 0 Å². The van der Waals surface area contributed by atoms with Gasteiger partial charge in [0, 0.05) is 11.7 Å². The molecule has 1 saturated carbocycles. The number of nitrogens with two attached hydrogens (primary N) is 1. The van der Waals surface area contributed by atoms with Crippen LogP contribution in [0.25, 0.3) is 0 Å². The quantitative estimate of drug-likeness (QED) is 0.843. The summed E-state index contributed by atoms with van der Waals surface area (Å²) in [4.78, 5) is 2.78. The first-order valence-corrected chi connectivity index (χ1v) is 8.42. The minimum Gasteiger partial charge on any atom is -0.399 e. The highest BCUT2D eigenvalue weighted by molar-refractivity contribution is 5.46. The zero-order valence-electron chi connectivity index (χ0n) is 12.6. The molecule has 2 atom stereocenters. The molecular formula is C18H28N2. The Morgan fingerprint density at radius 3 is 2.75 bits per heavy atom. The summed E-state index contributed by atoms with van der Waals surface area (Å²) in [5.41, 5.74) is 8.32. The maximum absolute atomic E-state index is 6.03. The third-order valence-corrected chi connectivity index (χ3v) is 5.30. The van der Waals surface area contributed by atoms with E-state index in [4.69, 9.17) is 5.73 Å². The predicted octanol–water partition coefficient (Wildman–Crippen LogP) is 3.86. The molecule has 1 aromatic rings. The molecule has 2 unspecified atom stereocenters. The third-order valence-electron chi connectivity index (χ3n) is 5.30. The van der Waals surface area contributed by atoms with Crippen LogP contribution in [0.3, 0.4) is 0 Å². The highest BCUT2D eigenvalue weighted by Gasteiger charge is 2.32. The highest BCUT2D eigenvalue weighted by atomic mass is 15.2. The van der Waals surface area contributed by atoms with Gasteiger partial charge in [-0.05, 0) is 69.2 Å². The van der Waals surface area contributed by atoms with Crippen molar-refractivity contribution >= 4 is 5.69 Å². The Labute approximate surface area is 123 Å². The Hall–Kier alpha value is -1.02. The van der Waals surface area contributed by atoms with Gasteiger partial charge in [0.25, 0.3) is 0 Å². The first-order valence-electron chi connectivity index (χ1n) is 8.42. The van der Waals surface area contributed by atoms with E-state index in [1.54, 1.807) is 0 Å². The van der Waals surface area contributed by atoms with E-state index >= 15 is 0 Å². The average molecular weight is 272 g/mol. The number of aryl methyl sites for hydroxylation is 1. The Morgan fingerprint density at radius 2 is 1.85 bits per heavy atom. The van der Waals surface area contributed by atoms with Crippen LogP contribution in [0.2, 0.25) is 0 Å². The summed E-state index contributed by atoms with van der Waals surface area (Å²) in [7, 11) is 0. The Bertz CT molecular complexity index is 427. The molecule has 0 radical (unpaired) electrons. The Balaban J connectivity index is 1.51. The van der Waals surface area contributed by atoms with Crippen molar-refractivity contribution in [3.8, 4) is 0 Å². The largest absolute Gasteiger partial charge is 0.399 e. The molecule has 2 nitrogen and oxygen atoms in total. The molecule has 0 aromatic heterocycles. The molecular weight excluding hydrogens is 244 g/mol. The van der Waals surface area contributed by atoms with Crippen molar-refractivity contribution in [3.63, 3.8) is 0 Å². The summed E-state index contributed by atoms with van der Waals surface area (Å²) in [5, 5.41) is 0. The molecule has 110 valence electrons. The van der Waals surface area contributed by atoms with E-state index in [1.165, 1.54) is 63.6 Å². The normalized spacial score (nSPS) is 27.2. The van der Waals surface area contributed by atoms with E-state index in [0.29, 0.717) is 0 Å². The fraction of sp³-hybridized carbons (Fsp3) is 0.667. The summed E-state index contributed by atoms with van der Waals surface area (Å²) in [6.07, 6.45) is 11.1. The average Bonchev–Trinajstić information content (AvgIpc) is 2.49. The summed E-state index contributed by atoms with van der Waals surface area (Å²) in [5.74, 6) is 0.999. The number of para-hydroxylation sites is 1. The van der Waals surface area contributed by atoms with Crippen LogP contribution in [0.15, 0.2) is 24.3 Å². The second-order valence-electron chi connectivity index (χ2n) is 6.59. The number of benzene rings is 1. The van der Waals surface area contributed by atoms with E-state index < -0.39 is 0 Å². The van der Waals surface area contributed by atoms with Crippen molar-refractivity contribution in [1.29, 1.82) is 0 Å². The van der Waals surface area contributed by atoms with Gasteiger partial charge >= 0.3 is 0 Å². The monoisotopic (exact) mass is 272 g/mol. The molecule has 2 aliphatic rings. The van der Waals surface area contributed by atoms with Gasteiger partial charge < -0.3 is 10.6 Å². The summed E-state index contributed by atoms with van der Waals surface area (Å²) in [6.45, 7) is 2.58. The van der Waals surface area contributed by atoms with Crippen LogP contribution in [0.4, 0.5) is 5.69 Å². The number of rotatable bonds is 4. The molecule has 2 heteroatoms. The molecule has 1 saturated heterocycles. The number of nitrogens with zero attached hydrogens (tertiary/aromatic N) is 1. The topological polar surface area (TPSA) is 29.3 Å². The van der Waals surface area contributed by atoms with Crippen molar-refractivity contribution in [2.75, 3.05) is 18.8 Å². The van der Waals surface area contributed by atoms with E-state index in [9.17, 15) is 0 Å². The summed E-state index contributed by atoms with van der Waals surface area (Å²) in [6, 6.07) is 9.22. The van der Waals surface area contributed by atoms with Crippen LogP contribution in [-0.4, -0.2) is 24.0 Å². The van der Waals surface area contributed by atoms with Gasteiger partial charge in [-0.15, -0.1) is 0 Å². The fourth-order valence-electron chi connectivity index (χ4n) is 4.24. The zero-order chi connectivity index (χ0) is 13.8. The SMILES string of the molecule is Nc1ccccc1CCCN1CCCC2CCCCC21. The van der Waals surface area contributed by atoms with Gasteiger partial charge in [0.05, 0.1) is 0 Å². The van der Waals surface area contributed by atoms with E-state index in [-0.39, 0.29) is 0 Å². The fourth-order valence-corrected chi connectivity index (χ4v) is 4.24. The standard InChI is InChI=1S/C18H28N2/c19-17-11-3-1-7-15(17)9-5-13-20-14-6-10-16-8-2-4-12-18(16)20/h1,3,7,11,16,18H,2,4-6,8-10,12-14,19H2. The van der Waals surface area contributed by atoms with Gasteiger partial charge in [-0.2, -0.15) is 0 Å². The van der Waals surface area contributed by atoms with Crippen LogP contribution in [0, 0.1) is 5.92 Å². The number of anilines is 1. The molecule has 0 amide bonds. The molecule has 1 heterocycles. The van der Waals surface area contributed by atoms with Crippen LogP contribution < -0.4 is 5.73 Å². The Morgan fingerprint density at radius 1 is 1.05 bits per heavy atom. The van der Waals surface area contributed by atoms with E-state index in [0.717, 1.165) is 24.1 Å². The molecule has 2 N–H and O–H groups in total. The molecule has 0 bridgehead atoms. The maximum atomic E-state index is 6.03. The summed E-state index contributed by atoms with van der Waals surface area (Å²) >= 11 is 0. The zero-order valence-corrected chi connectivity index (χ0v) is 12.6. The van der Waals surface area contributed by atoms with Gasteiger partial charge in [-0.3, -0.25) is 0 Å². The van der Waals surface area contributed by atoms with Crippen LogP contribution in [0.1, 0.15) is 50.5 Å². The first kappa shape index (κ1) is 13.9. The van der Waals surface area contributed by atoms with Gasteiger partial charge in [0.15, 0.2) is 0 Å². The van der Waals surface area contributed by atoms with Crippen molar-refractivity contribution in [3.05, 3.63) is 29.8 Å². The molecule has 1 aromatic carbocycles. The minimum atomic E-state index is 0.894. The highest BCUT2D eigenvalue weighted by Crippen LogP contribution is 2.35. The number of nitrogen functional groups attached to an aromatic ring is 1. The lowest BCUT2D eigenvalue weighted by molar-refractivity contribution is 0.0602. The molecule has 20 heavy (non-hydrogen) atoms. The van der Waals surface area contributed by atoms with Crippen molar-refractivity contribution in [2.45, 2.75) is 57.4 Å². The van der Waals surface area contributed by atoms with Crippen LogP contribution >= 0.6 is 0 Å². The van der Waals surface area contributed by atoms with Gasteiger partial charge in [-0.25, -0.2) is 0 Å². The molecule has 1 aliphatic heterocycles. The maximum Gasteiger partial charge on any atom is 0.0346 e. The van der Waals surface area contributed by atoms with Crippen molar-refractivity contribution in [2.24, 2.45) is 5.92 Å². The number of likely N-dealkylation sites (tertiary alicyclic amines) is 1. The number of hydrogen-bond acceptors (Lipinski definition) is 2. The minimum absolute atomic E-state index is 0.894. The van der Waals surface area contributed by atoms with E-state index in [1.807, 2.05) is 12.1 Å².